The third-order valence-electron chi connectivity index (χ3n) is 2.97. The second-order valence-corrected chi connectivity index (χ2v) is 4.20. The maximum atomic E-state index is 5.41. The molecule has 17 heavy (non-hydrogen) atoms. The largest absolute Gasteiger partial charge is 0.377 e. The Morgan fingerprint density at radius 2 is 2.35 bits per heavy atom. The normalized spacial score (nSPS) is 20.8. The summed E-state index contributed by atoms with van der Waals surface area (Å²) < 4.78 is 5.41. The smallest absolute Gasteiger partial charge is 0.227 e. The number of hydrogen-bond acceptors (Lipinski definition) is 5. The molecule has 1 atom stereocenters. The summed E-state index contributed by atoms with van der Waals surface area (Å²) in [5.41, 5.74) is 0.746. The molecule has 1 saturated heterocycles. The van der Waals surface area contributed by atoms with Gasteiger partial charge in [0.1, 0.15) is 0 Å². The van der Waals surface area contributed by atoms with Crippen LogP contribution in [0.25, 0.3) is 11.0 Å². The molecular weight excluding hydrogens is 216 g/mol. The lowest BCUT2D eigenvalue weighted by atomic mass is 10.3. The van der Waals surface area contributed by atoms with E-state index < -0.39 is 0 Å². The quantitative estimate of drug-likeness (QED) is 0.738. The van der Waals surface area contributed by atoms with Crippen LogP contribution in [0.4, 0.5) is 5.95 Å². The van der Waals surface area contributed by atoms with Gasteiger partial charge >= 0.3 is 0 Å². The van der Waals surface area contributed by atoms with Crippen LogP contribution in [0.3, 0.4) is 0 Å². The highest BCUT2D eigenvalue weighted by atomic mass is 16.5. The zero-order valence-corrected chi connectivity index (χ0v) is 9.71. The summed E-state index contributed by atoms with van der Waals surface area (Å²) >= 11 is 0. The molecule has 0 radical (unpaired) electrons. The van der Waals surface area contributed by atoms with Crippen molar-refractivity contribution in [2.75, 3.05) is 24.7 Å². The zero-order chi connectivity index (χ0) is 11.7. The molecule has 0 saturated carbocycles. The summed E-state index contributed by atoms with van der Waals surface area (Å²) in [4.78, 5) is 15.3. The summed E-state index contributed by atoms with van der Waals surface area (Å²) in [6.07, 6.45) is 3.58. The van der Waals surface area contributed by atoms with Gasteiger partial charge in [0.2, 0.25) is 5.95 Å². The molecule has 1 aliphatic rings. The Balaban J connectivity index is 1.99. The SMILES string of the molecule is C[C@H]1COCCN1c1ncc2cccnc2n1. The Hall–Kier alpha value is -1.75. The van der Waals surface area contributed by atoms with Crippen molar-refractivity contribution < 1.29 is 4.74 Å². The lowest BCUT2D eigenvalue weighted by Gasteiger charge is -2.33. The zero-order valence-electron chi connectivity index (χ0n) is 9.71. The Labute approximate surface area is 99.5 Å². The highest BCUT2D eigenvalue weighted by molar-refractivity contribution is 5.74. The number of hydrogen-bond donors (Lipinski definition) is 0. The Bertz CT molecular complexity index is 531. The van der Waals surface area contributed by atoms with Crippen molar-refractivity contribution in [2.45, 2.75) is 13.0 Å². The second-order valence-electron chi connectivity index (χ2n) is 4.20. The summed E-state index contributed by atoms with van der Waals surface area (Å²) in [7, 11) is 0. The Kier molecular flexibility index (Phi) is 2.60. The number of anilines is 1. The molecule has 1 fully saturated rings. The molecule has 88 valence electrons. The maximum absolute atomic E-state index is 5.41. The Morgan fingerprint density at radius 1 is 1.41 bits per heavy atom. The molecule has 0 bridgehead atoms. The molecule has 5 nitrogen and oxygen atoms in total. The van der Waals surface area contributed by atoms with Gasteiger partial charge in [0, 0.05) is 24.3 Å². The molecule has 5 heteroatoms. The predicted octanol–water partition coefficient (Wildman–Crippen LogP) is 1.25. The maximum Gasteiger partial charge on any atom is 0.227 e. The van der Waals surface area contributed by atoms with Crippen molar-refractivity contribution in [3.05, 3.63) is 24.5 Å². The first-order valence-corrected chi connectivity index (χ1v) is 5.77. The van der Waals surface area contributed by atoms with E-state index in [1.807, 2.05) is 18.3 Å². The fourth-order valence-corrected chi connectivity index (χ4v) is 2.02. The molecule has 0 N–H and O–H groups in total. The first-order chi connectivity index (χ1) is 8.34. The van der Waals surface area contributed by atoms with E-state index in [1.54, 1.807) is 6.20 Å². The van der Waals surface area contributed by atoms with Crippen LogP contribution in [0.5, 0.6) is 0 Å². The highest BCUT2D eigenvalue weighted by Crippen LogP contribution is 2.17. The standard InChI is InChI=1S/C12H14N4O/c1-9-8-17-6-5-16(9)12-14-7-10-3-2-4-13-11(10)15-12/h2-4,7,9H,5-6,8H2,1H3/t9-/m0/s1. The van der Waals surface area contributed by atoms with Gasteiger partial charge < -0.3 is 9.64 Å². The van der Waals surface area contributed by atoms with Crippen LogP contribution >= 0.6 is 0 Å². The van der Waals surface area contributed by atoms with Gasteiger partial charge in [0.05, 0.1) is 19.3 Å². The average molecular weight is 230 g/mol. The van der Waals surface area contributed by atoms with E-state index in [0.29, 0.717) is 6.04 Å². The number of rotatable bonds is 1. The second kappa shape index (κ2) is 4.25. The molecule has 0 amide bonds. The van der Waals surface area contributed by atoms with E-state index in [1.165, 1.54) is 0 Å². The van der Waals surface area contributed by atoms with E-state index in [-0.39, 0.29) is 0 Å². The van der Waals surface area contributed by atoms with Crippen LogP contribution < -0.4 is 4.90 Å². The molecule has 3 rings (SSSR count). The molecule has 2 aromatic heterocycles. The van der Waals surface area contributed by atoms with E-state index in [9.17, 15) is 0 Å². The molecular formula is C12H14N4O. The van der Waals surface area contributed by atoms with Gasteiger partial charge in [-0.3, -0.25) is 0 Å². The number of pyridine rings is 1. The molecule has 3 heterocycles. The van der Waals surface area contributed by atoms with Crippen LogP contribution in [-0.2, 0) is 4.74 Å². The van der Waals surface area contributed by atoms with Gasteiger partial charge in [0.15, 0.2) is 5.65 Å². The van der Waals surface area contributed by atoms with E-state index >= 15 is 0 Å². The van der Waals surface area contributed by atoms with Gasteiger partial charge in [0.25, 0.3) is 0 Å². The van der Waals surface area contributed by atoms with Crippen LogP contribution in [0, 0.1) is 0 Å². The van der Waals surface area contributed by atoms with Gasteiger partial charge in [-0.25, -0.2) is 9.97 Å². The van der Waals surface area contributed by atoms with Crippen LogP contribution in [0.1, 0.15) is 6.92 Å². The van der Waals surface area contributed by atoms with Crippen molar-refractivity contribution in [2.24, 2.45) is 0 Å². The summed E-state index contributed by atoms with van der Waals surface area (Å²) in [5, 5.41) is 0.970. The van der Waals surface area contributed by atoms with Crippen LogP contribution in [0.2, 0.25) is 0 Å². The van der Waals surface area contributed by atoms with Crippen LogP contribution in [-0.4, -0.2) is 40.8 Å². The lowest BCUT2D eigenvalue weighted by Crippen LogP contribution is -2.44. The number of fused-ring (bicyclic) bond motifs is 1. The molecule has 0 spiro atoms. The lowest BCUT2D eigenvalue weighted by molar-refractivity contribution is 0.0981. The molecule has 0 unspecified atom stereocenters. The topological polar surface area (TPSA) is 51.1 Å². The average Bonchev–Trinajstić information content (AvgIpc) is 2.39. The van der Waals surface area contributed by atoms with Crippen molar-refractivity contribution in [3.63, 3.8) is 0 Å². The van der Waals surface area contributed by atoms with E-state index in [0.717, 1.165) is 36.7 Å². The molecule has 0 aromatic carbocycles. The third kappa shape index (κ3) is 1.93. The van der Waals surface area contributed by atoms with E-state index in [4.69, 9.17) is 4.74 Å². The number of nitrogens with zero attached hydrogens (tertiary/aromatic N) is 4. The first kappa shape index (κ1) is 10.4. The van der Waals surface area contributed by atoms with Gasteiger partial charge in [-0.2, -0.15) is 4.98 Å². The minimum absolute atomic E-state index is 0.310. The third-order valence-corrected chi connectivity index (χ3v) is 2.97. The minimum atomic E-state index is 0.310. The van der Waals surface area contributed by atoms with Gasteiger partial charge in [-0.15, -0.1) is 0 Å². The number of aromatic nitrogens is 3. The summed E-state index contributed by atoms with van der Waals surface area (Å²) in [5.74, 6) is 0.743. The molecule has 2 aromatic rings. The number of ether oxygens (including phenoxy) is 1. The van der Waals surface area contributed by atoms with Crippen LogP contribution in [0.15, 0.2) is 24.5 Å². The van der Waals surface area contributed by atoms with Crippen molar-refractivity contribution in [3.8, 4) is 0 Å². The highest BCUT2D eigenvalue weighted by Gasteiger charge is 2.21. The fraction of sp³-hybridized carbons (Fsp3) is 0.417. The molecule has 1 aliphatic heterocycles. The van der Waals surface area contributed by atoms with Crippen molar-refractivity contribution in [1.82, 2.24) is 15.0 Å². The fourth-order valence-electron chi connectivity index (χ4n) is 2.02. The first-order valence-electron chi connectivity index (χ1n) is 5.77. The molecule has 0 aliphatic carbocycles. The Morgan fingerprint density at radius 3 is 3.24 bits per heavy atom. The van der Waals surface area contributed by atoms with E-state index in [2.05, 4.69) is 26.8 Å². The van der Waals surface area contributed by atoms with Gasteiger partial charge in [-0.05, 0) is 19.1 Å². The monoisotopic (exact) mass is 230 g/mol. The predicted molar refractivity (Wildman–Crippen MR) is 65.0 cm³/mol. The van der Waals surface area contributed by atoms with Gasteiger partial charge in [-0.1, -0.05) is 0 Å². The number of morpholine rings is 1. The summed E-state index contributed by atoms with van der Waals surface area (Å²) in [6.45, 7) is 4.40. The van der Waals surface area contributed by atoms with Crippen molar-refractivity contribution >= 4 is 17.0 Å². The minimum Gasteiger partial charge on any atom is -0.377 e. The summed E-state index contributed by atoms with van der Waals surface area (Å²) in [6, 6.07) is 4.17. The van der Waals surface area contributed by atoms with Crippen molar-refractivity contribution in [1.29, 1.82) is 0 Å².